The van der Waals surface area contributed by atoms with Crippen molar-refractivity contribution in [1.82, 2.24) is 4.98 Å². The highest BCUT2D eigenvalue weighted by Gasteiger charge is 2.23. The number of H-pyrrole nitrogens is 1. The number of hydrogen-bond donors (Lipinski definition) is 1. The Balaban J connectivity index is 1.98. The van der Waals surface area contributed by atoms with Gasteiger partial charge in [-0.25, -0.2) is 0 Å². The van der Waals surface area contributed by atoms with Crippen molar-refractivity contribution < 1.29 is 9.53 Å². The molecule has 5 nitrogen and oxygen atoms in total. The zero-order valence-corrected chi connectivity index (χ0v) is 17.4. The summed E-state index contributed by atoms with van der Waals surface area (Å²) in [6, 6.07) is 14.8. The zero-order valence-electron chi connectivity index (χ0n) is 15.7. The Bertz CT molecular complexity index is 1130. The predicted octanol–water partition coefficient (Wildman–Crippen LogP) is 5.32. The SMILES string of the molecule is COc1ccc(/C=C(\C#N)C(=O)N(c2ccc3[nH]c(=S)sc3c2)C(C)C)cc1. The summed E-state index contributed by atoms with van der Waals surface area (Å²) in [5.41, 5.74) is 2.49. The Morgan fingerprint density at radius 2 is 2.00 bits per heavy atom. The lowest BCUT2D eigenvalue weighted by Gasteiger charge is -2.26. The Morgan fingerprint density at radius 1 is 1.29 bits per heavy atom. The summed E-state index contributed by atoms with van der Waals surface area (Å²) >= 11 is 6.65. The molecular weight excluding hydrogens is 390 g/mol. The number of nitrogens with one attached hydrogen (secondary N) is 1. The predicted molar refractivity (Wildman–Crippen MR) is 116 cm³/mol. The largest absolute Gasteiger partial charge is 0.497 e. The lowest BCUT2D eigenvalue weighted by atomic mass is 10.1. The minimum absolute atomic E-state index is 0.0701. The summed E-state index contributed by atoms with van der Waals surface area (Å²) in [5.74, 6) is 0.375. The standard InChI is InChI=1S/C21H19N3O2S2/c1-13(2)24(16-6-9-18-19(11-16)28-21(27)23-18)20(25)15(12-22)10-14-4-7-17(26-3)8-5-14/h4-11,13H,1-3H3,(H,23,27)/b15-10+. The Hall–Kier alpha value is -2.95. The van der Waals surface area contributed by atoms with E-state index in [9.17, 15) is 10.1 Å². The first-order valence-corrected chi connectivity index (χ1v) is 9.87. The molecule has 7 heteroatoms. The van der Waals surface area contributed by atoms with Crippen LogP contribution in [0.3, 0.4) is 0 Å². The minimum atomic E-state index is -0.341. The van der Waals surface area contributed by atoms with Gasteiger partial charge in [0.2, 0.25) is 0 Å². The number of fused-ring (bicyclic) bond motifs is 1. The molecule has 0 fully saturated rings. The third-order valence-electron chi connectivity index (χ3n) is 4.20. The van der Waals surface area contributed by atoms with E-state index in [1.807, 2.05) is 50.2 Å². The normalized spacial score (nSPS) is 11.5. The highest BCUT2D eigenvalue weighted by atomic mass is 32.1. The van der Waals surface area contributed by atoms with E-state index in [4.69, 9.17) is 17.0 Å². The highest BCUT2D eigenvalue weighted by Crippen LogP contribution is 2.28. The number of rotatable bonds is 5. The van der Waals surface area contributed by atoms with Crippen molar-refractivity contribution in [3.8, 4) is 11.8 Å². The van der Waals surface area contributed by atoms with E-state index in [1.54, 1.807) is 30.2 Å². The number of benzene rings is 2. The molecule has 0 aliphatic carbocycles. The molecule has 0 aliphatic heterocycles. The number of anilines is 1. The van der Waals surface area contributed by atoms with Crippen molar-refractivity contribution in [3.63, 3.8) is 0 Å². The number of nitriles is 1. The molecule has 1 aromatic heterocycles. The maximum atomic E-state index is 13.2. The van der Waals surface area contributed by atoms with Gasteiger partial charge in [-0.2, -0.15) is 5.26 Å². The number of ether oxygens (including phenoxy) is 1. The van der Waals surface area contributed by atoms with Crippen molar-refractivity contribution >= 4 is 51.4 Å². The summed E-state index contributed by atoms with van der Waals surface area (Å²) in [4.78, 5) is 17.9. The molecule has 1 N–H and O–H groups in total. The Kier molecular flexibility index (Phi) is 5.93. The van der Waals surface area contributed by atoms with Gasteiger partial charge in [0, 0.05) is 11.7 Å². The molecule has 0 bridgehead atoms. The average Bonchev–Trinajstić information content (AvgIpc) is 3.05. The summed E-state index contributed by atoms with van der Waals surface area (Å²) < 4.78 is 6.80. The molecule has 0 spiro atoms. The monoisotopic (exact) mass is 409 g/mol. The van der Waals surface area contributed by atoms with Crippen molar-refractivity contribution in [2.24, 2.45) is 0 Å². The van der Waals surface area contributed by atoms with Gasteiger partial charge in [-0.05, 0) is 68.0 Å². The van der Waals surface area contributed by atoms with Crippen LogP contribution in [0.1, 0.15) is 19.4 Å². The molecule has 0 atom stereocenters. The van der Waals surface area contributed by atoms with Crippen LogP contribution >= 0.6 is 23.6 Å². The molecule has 0 saturated heterocycles. The van der Waals surface area contributed by atoms with Crippen LogP contribution in [0.25, 0.3) is 16.3 Å². The van der Waals surface area contributed by atoms with Gasteiger partial charge in [0.15, 0.2) is 3.95 Å². The second kappa shape index (κ2) is 8.38. The van der Waals surface area contributed by atoms with E-state index >= 15 is 0 Å². The van der Waals surface area contributed by atoms with Crippen LogP contribution in [-0.2, 0) is 4.79 Å². The molecule has 1 heterocycles. The maximum Gasteiger partial charge on any atom is 0.269 e. The zero-order chi connectivity index (χ0) is 20.3. The number of thiazole rings is 1. The third-order valence-corrected chi connectivity index (χ3v) is 5.39. The summed E-state index contributed by atoms with van der Waals surface area (Å²) in [6.07, 6.45) is 1.59. The van der Waals surface area contributed by atoms with Crippen LogP contribution in [0.2, 0.25) is 0 Å². The van der Waals surface area contributed by atoms with Crippen LogP contribution < -0.4 is 9.64 Å². The van der Waals surface area contributed by atoms with E-state index in [1.165, 1.54) is 11.3 Å². The second-order valence-corrected chi connectivity index (χ2v) is 8.13. The number of hydrogen-bond acceptors (Lipinski definition) is 5. The van der Waals surface area contributed by atoms with Gasteiger partial charge in [-0.15, -0.1) is 11.3 Å². The van der Waals surface area contributed by atoms with Crippen LogP contribution in [0.5, 0.6) is 5.75 Å². The number of aromatic amines is 1. The maximum absolute atomic E-state index is 13.2. The fourth-order valence-corrected chi connectivity index (χ4v) is 4.02. The number of methoxy groups -OCH3 is 1. The molecule has 0 unspecified atom stereocenters. The smallest absolute Gasteiger partial charge is 0.269 e. The number of nitrogens with zero attached hydrogens (tertiary/aromatic N) is 2. The van der Waals surface area contributed by atoms with Gasteiger partial charge in [0.1, 0.15) is 17.4 Å². The first kappa shape index (κ1) is 19.8. The van der Waals surface area contributed by atoms with Gasteiger partial charge in [0.25, 0.3) is 5.91 Å². The van der Waals surface area contributed by atoms with E-state index < -0.39 is 0 Å². The van der Waals surface area contributed by atoms with Crippen LogP contribution in [0.15, 0.2) is 48.0 Å². The molecule has 0 aliphatic rings. The molecular formula is C21H19N3O2S2. The fraction of sp³-hybridized carbons (Fsp3) is 0.190. The topological polar surface area (TPSA) is 69.1 Å². The van der Waals surface area contributed by atoms with E-state index in [2.05, 4.69) is 4.98 Å². The Morgan fingerprint density at radius 3 is 2.61 bits per heavy atom. The Labute approximate surface area is 172 Å². The molecule has 142 valence electrons. The third kappa shape index (κ3) is 4.14. The minimum Gasteiger partial charge on any atom is -0.497 e. The number of carbonyl (C=O) groups is 1. The van der Waals surface area contributed by atoms with E-state index in [0.29, 0.717) is 9.70 Å². The average molecular weight is 410 g/mol. The van der Waals surface area contributed by atoms with Gasteiger partial charge in [0.05, 0.1) is 17.3 Å². The van der Waals surface area contributed by atoms with Gasteiger partial charge in [-0.3, -0.25) is 4.79 Å². The van der Waals surface area contributed by atoms with E-state index in [0.717, 1.165) is 21.5 Å². The number of amides is 1. The number of carbonyl (C=O) groups excluding carboxylic acids is 1. The quantitative estimate of drug-likeness (QED) is 0.352. The molecule has 1 amide bonds. The highest BCUT2D eigenvalue weighted by molar-refractivity contribution is 7.73. The van der Waals surface area contributed by atoms with Crippen LogP contribution in [-0.4, -0.2) is 24.0 Å². The van der Waals surface area contributed by atoms with Gasteiger partial charge in [-0.1, -0.05) is 12.1 Å². The molecule has 0 radical (unpaired) electrons. The fourth-order valence-electron chi connectivity index (χ4n) is 2.87. The summed E-state index contributed by atoms with van der Waals surface area (Å²) in [5, 5.41) is 9.60. The first-order valence-electron chi connectivity index (χ1n) is 8.65. The van der Waals surface area contributed by atoms with Crippen molar-refractivity contribution in [2.75, 3.05) is 12.0 Å². The number of aromatic nitrogens is 1. The van der Waals surface area contributed by atoms with Crippen molar-refractivity contribution in [1.29, 1.82) is 5.26 Å². The summed E-state index contributed by atoms with van der Waals surface area (Å²) in [7, 11) is 1.59. The molecule has 0 saturated carbocycles. The van der Waals surface area contributed by atoms with Crippen LogP contribution in [0, 0.1) is 15.3 Å². The molecule has 28 heavy (non-hydrogen) atoms. The van der Waals surface area contributed by atoms with E-state index in [-0.39, 0.29) is 17.5 Å². The van der Waals surface area contributed by atoms with Crippen LogP contribution in [0.4, 0.5) is 5.69 Å². The van der Waals surface area contributed by atoms with Gasteiger partial charge >= 0.3 is 0 Å². The van der Waals surface area contributed by atoms with Gasteiger partial charge < -0.3 is 14.6 Å². The molecule has 2 aromatic carbocycles. The second-order valence-electron chi connectivity index (χ2n) is 6.41. The first-order chi connectivity index (χ1) is 13.4. The molecule has 3 rings (SSSR count). The summed E-state index contributed by atoms with van der Waals surface area (Å²) in [6.45, 7) is 3.84. The lowest BCUT2D eigenvalue weighted by Crippen LogP contribution is -2.37. The van der Waals surface area contributed by atoms with Crippen molar-refractivity contribution in [3.05, 3.63) is 57.6 Å². The van der Waals surface area contributed by atoms with Crippen molar-refractivity contribution in [2.45, 2.75) is 19.9 Å². The molecule has 3 aromatic rings. The lowest BCUT2D eigenvalue weighted by molar-refractivity contribution is -0.115.